The summed E-state index contributed by atoms with van der Waals surface area (Å²) in [6.45, 7) is 5.91. The van der Waals surface area contributed by atoms with Gasteiger partial charge in [-0.3, -0.25) is 0 Å². The van der Waals surface area contributed by atoms with Crippen LogP contribution in [-0.2, 0) is 0 Å². The summed E-state index contributed by atoms with van der Waals surface area (Å²) < 4.78 is 0. The van der Waals surface area contributed by atoms with Gasteiger partial charge >= 0.3 is 0 Å². The summed E-state index contributed by atoms with van der Waals surface area (Å²) in [6, 6.07) is 10.4. The Hall–Kier alpha value is -1.04. The molecule has 0 aliphatic carbocycles. The number of benzene rings is 1. The van der Waals surface area contributed by atoms with Gasteiger partial charge in [-0.25, -0.2) is 0 Å². The minimum Gasteiger partial charge on any atom is -0.0804 e. The molecule has 0 heterocycles. The van der Waals surface area contributed by atoms with Crippen LogP contribution >= 0.6 is 0 Å². The molecule has 1 aromatic rings. The fraction of sp³-hybridized carbons (Fsp3) is 0.182. The first-order valence-electron chi connectivity index (χ1n) is 3.92. The van der Waals surface area contributed by atoms with Gasteiger partial charge in [0.1, 0.15) is 0 Å². The Labute approximate surface area is 68.6 Å². The highest BCUT2D eigenvalue weighted by Crippen LogP contribution is 2.16. The van der Waals surface area contributed by atoms with E-state index >= 15 is 0 Å². The van der Waals surface area contributed by atoms with Crippen molar-refractivity contribution < 1.29 is 0 Å². The minimum absolute atomic E-state index is 1.05. The standard InChI is InChI=1S/C11H13/c1-3-10(4-2)11-8-6-5-7-9-11/h3,5-9H,1,4H2,2H3/b10-3-. The fourth-order valence-corrected chi connectivity index (χ4v) is 1.12. The Bertz CT molecular complexity index is 231. The Kier molecular flexibility index (Phi) is 2.91. The van der Waals surface area contributed by atoms with E-state index in [9.17, 15) is 0 Å². The minimum atomic E-state index is 1.05. The molecule has 1 rings (SSSR count). The lowest BCUT2D eigenvalue weighted by Gasteiger charge is -2.01. The molecular weight excluding hydrogens is 132 g/mol. The molecule has 0 aromatic heterocycles. The molecule has 1 aromatic carbocycles. The highest BCUT2D eigenvalue weighted by atomic mass is 14.0. The fourth-order valence-electron chi connectivity index (χ4n) is 1.12. The summed E-state index contributed by atoms with van der Waals surface area (Å²) in [5.41, 5.74) is 2.59. The second-order valence-electron chi connectivity index (χ2n) is 2.45. The summed E-state index contributed by atoms with van der Waals surface area (Å²) in [4.78, 5) is 0. The van der Waals surface area contributed by atoms with Crippen LogP contribution in [-0.4, -0.2) is 0 Å². The molecular formula is C11H13. The van der Waals surface area contributed by atoms with Crippen LogP contribution in [0.5, 0.6) is 0 Å². The lowest BCUT2D eigenvalue weighted by Crippen LogP contribution is -1.79. The van der Waals surface area contributed by atoms with Gasteiger partial charge in [-0.05, 0) is 24.5 Å². The van der Waals surface area contributed by atoms with E-state index in [2.05, 4.69) is 38.1 Å². The molecule has 0 heteroatoms. The molecule has 0 atom stereocenters. The van der Waals surface area contributed by atoms with E-state index in [-0.39, 0.29) is 0 Å². The lowest BCUT2D eigenvalue weighted by molar-refractivity contribution is 1.24. The van der Waals surface area contributed by atoms with E-state index in [4.69, 9.17) is 0 Å². The zero-order chi connectivity index (χ0) is 8.10. The van der Waals surface area contributed by atoms with Gasteiger partial charge in [0.15, 0.2) is 0 Å². The molecule has 0 saturated carbocycles. The van der Waals surface area contributed by atoms with Crippen LogP contribution in [0.25, 0.3) is 5.57 Å². The van der Waals surface area contributed by atoms with Crippen LogP contribution in [0.4, 0.5) is 0 Å². The van der Waals surface area contributed by atoms with E-state index in [1.807, 2.05) is 12.1 Å². The van der Waals surface area contributed by atoms with Crippen LogP contribution < -0.4 is 0 Å². The molecule has 0 N–H and O–H groups in total. The van der Waals surface area contributed by atoms with Crippen molar-refractivity contribution in [3.63, 3.8) is 0 Å². The molecule has 57 valence electrons. The number of hydrogen-bond donors (Lipinski definition) is 0. The van der Waals surface area contributed by atoms with Crippen LogP contribution in [0.2, 0.25) is 0 Å². The number of rotatable bonds is 2. The largest absolute Gasteiger partial charge is 0.0804 e. The highest BCUT2D eigenvalue weighted by molar-refractivity contribution is 5.65. The third-order valence-electron chi connectivity index (χ3n) is 1.77. The van der Waals surface area contributed by atoms with Crippen molar-refractivity contribution in [2.45, 2.75) is 13.3 Å². The quantitative estimate of drug-likeness (QED) is 0.599. The summed E-state index contributed by atoms with van der Waals surface area (Å²) in [5.74, 6) is 0. The normalized spacial score (nSPS) is 11.6. The predicted molar refractivity (Wildman–Crippen MR) is 50.1 cm³/mol. The van der Waals surface area contributed by atoms with Gasteiger partial charge in [0.05, 0.1) is 0 Å². The highest BCUT2D eigenvalue weighted by Gasteiger charge is 1.93. The molecule has 0 fully saturated rings. The van der Waals surface area contributed by atoms with Gasteiger partial charge in [0.25, 0.3) is 0 Å². The van der Waals surface area contributed by atoms with Crippen molar-refractivity contribution in [2.75, 3.05) is 0 Å². The van der Waals surface area contributed by atoms with Crippen LogP contribution in [0.15, 0.2) is 36.4 Å². The van der Waals surface area contributed by atoms with Gasteiger partial charge < -0.3 is 0 Å². The molecule has 0 aliphatic rings. The van der Waals surface area contributed by atoms with Gasteiger partial charge in [-0.15, -0.1) is 0 Å². The lowest BCUT2D eigenvalue weighted by atomic mass is 10.0. The summed E-state index contributed by atoms with van der Waals surface area (Å²) >= 11 is 0. The van der Waals surface area contributed by atoms with Crippen LogP contribution in [0, 0.1) is 6.92 Å². The number of hydrogen-bond acceptors (Lipinski definition) is 0. The average molecular weight is 145 g/mol. The SMILES string of the molecule is [CH2]/C=C(/CC)c1ccccc1. The first-order valence-corrected chi connectivity index (χ1v) is 3.92. The van der Waals surface area contributed by atoms with Crippen LogP contribution in [0.3, 0.4) is 0 Å². The van der Waals surface area contributed by atoms with Crippen molar-refractivity contribution in [3.8, 4) is 0 Å². The summed E-state index contributed by atoms with van der Waals surface area (Å²) in [6.07, 6.45) is 2.98. The molecule has 0 aliphatic heterocycles. The van der Waals surface area contributed by atoms with Gasteiger partial charge in [0.2, 0.25) is 0 Å². The zero-order valence-electron chi connectivity index (χ0n) is 6.88. The average Bonchev–Trinajstić information content (AvgIpc) is 2.09. The molecule has 1 radical (unpaired) electrons. The predicted octanol–water partition coefficient (Wildman–Crippen LogP) is 3.31. The molecule has 11 heavy (non-hydrogen) atoms. The van der Waals surface area contributed by atoms with Crippen molar-refractivity contribution in [1.82, 2.24) is 0 Å². The topological polar surface area (TPSA) is 0 Å². The third kappa shape index (κ3) is 1.94. The van der Waals surface area contributed by atoms with Crippen molar-refractivity contribution in [2.24, 2.45) is 0 Å². The second kappa shape index (κ2) is 3.97. The van der Waals surface area contributed by atoms with E-state index in [1.54, 1.807) is 0 Å². The van der Waals surface area contributed by atoms with E-state index in [0.717, 1.165) is 6.42 Å². The summed E-state index contributed by atoms with van der Waals surface area (Å²) in [5, 5.41) is 0. The maximum Gasteiger partial charge on any atom is -0.0228 e. The first-order chi connectivity index (χ1) is 5.38. The molecule has 0 bridgehead atoms. The van der Waals surface area contributed by atoms with Crippen LogP contribution in [0.1, 0.15) is 18.9 Å². The van der Waals surface area contributed by atoms with E-state index in [1.165, 1.54) is 11.1 Å². The molecule has 0 saturated heterocycles. The number of allylic oxidation sites excluding steroid dienone is 2. The molecule has 0 spiro atoms. The van der Waals surface area contributed by atoms with E-state index in [0.29, 0.717) is 0 Å². The smallest absolute Gasteiger partial charge is 0.0228 e. The Morgan fingerprint density at radius 1 is 1.36 bits per heavy atom. The van der Waals surface area contributed by atoms with E-state index < -0.39 is 0 Å². The summed E-state index contributed by atoms with van der Waals surface area (Å²) in [7, 11) is 0. The van der Waals surface area contributed by atoms with Crippen molar-refractivity contribution >= 4 is 5.57 Å². The molecule has 0 nitrogen and oxygen atoms in total. The van der Waals surface area contributed by atoms with Gasteiger partial charge in [0, 0.05) is 0 Å². The Morgan fingerprint density at radius 3 is 2.45 bits per heavy atom. The Balaban J connectivity index is 2.92. The monoisotopic (exact) mass is 145 g/mol. The maximum absolute atomic E-state index is 3.77. The second-order valence-corrected chi connectivity index (χ2v) is 2.45. The molecule has 0 unspecified atom stereocenters. The van der Waals surface area contributed by atoms with Crippen molar-refractivity contribution in [1.29, 1.82) is 0 Å². The van der Waals surface area contributed by atoms with Gasteiger partial charge in [-0.1, -0.05) is 43.3 Å². The first kappa shape index (κ1) is 8.06. The maximum atomic E-state index is 3.77. The van der Waals surface area contributed by atoms with Crippen molar-refractivity contribution in [3.05, 3.63) is 48.9 Å². The zero-order valence-corrected chi connectivity index (χ0v) is 6.88. The third-order valence-corrected chi connectivity index (χ3v) is 1.77. The Morgan fingerprint density at radius 2 is 2.00 bits per heavy atom. The van der Waals surface area contributed by atoms with Gasteiger partial charge in [-0.2, -0.15) is 0 Å². The molecule has 0 amide bonds.